The molecule has 0 aliphatic carbocycles. The number of hydrogen-bond donors (Lipinski definition) is 1. The fourth-order valence-electron chi connectivity index (χ4n) is 2.13. The molecule has 0 aliphatic heterocycles. The molecule has 0 bridgehead atoms. The Morgan fingerprint density at radius 2 is 1.86 bits per heavy atom. The van der Waals surface area contributed by atoms with Crippen molar-refractivity contribution in [2.75, 3.05) is 19.4 Å². The van der Waals surface area contributed by atoms with Gasteiger partial charge >= 0.3 is 0 Å². The summed E-state index contributed by atoms with van der Waals surface area (Å²) in [6, 6.07) is 10.5. The maximum atomic E-state index is 12.4. The van der Waals surface area contributed by atoms with Crippen molar-refractivity contribution < 1.29 is 17.9 Å². The average Bonchev–Trinajstić information content (AvgIpc) is 2.64. The van der Waals surface area contributed by atoms with Gasteiger partial charge < -0.3 is 10.1 Å². The molecular formula is C18H17Cl2N3O4S. The zero-order valence-corrected chi connectivity index (χ0v) is 17.6. The molecule has 0 radical (unpaired) electrons. The summed E-state index contributed by atoms with van der Waals surface area (Å²) in [5.41, 5.74) is 0.612. The molecular weight excluding hydrogens is 425 g/mol. The summed E-state index contributed by atoms with van der Waals surface area (Å²) in [5.74, 6) is -0.272. The van der Waals surface area contributed by atoms with Gasteiger partial charge in [0.15, 0.2) is 6.10 Å². The summed E-state index contributed by atoms with van der Waals surface area (Å²) >= 11 is 12.0. The number of carbonyl (C=O) groups excluding carboxylic acids is 1. The number of carbonyl (C=O) groups is 1. The highest BCUT2D eigenvalue weighted by Crippen LogP contribution is 2.28. The Kier molecular flexibility index (Phi) is 6.91. The van der Waals surface area contributed by atoms with Gasteiger partial charge in [0.25, 0.3) is 5.91 Å². The van der Waals surface area contributed by atoms with Gasteiger partial charge in [-0.1, -0.05) is 23.2 Å². The summed E-state index contributed by atoms with van der Waals surface area (Å²) in [6.45, 7) is 1.51. The van der Waals surface area contributed by atoms with E-state index in [0.29, 0.717) is 5.56 Å². The van der Waals surface area contributed by atoms with Gasteiger partial charge in [0.1, 0.15) is 10.6 Å². The number of nitriles is 1. The van der Waals surface area contributed by atoms with Gasteiger partial charge in [-0.05, 0) is 43.3 Å². The molecule has 0 aliphatic rings. The molecule has 28 heavy (non-hydrogen) atoms. The van der Waals surface area contributed by atoms with Gasteiger partial charge in [0, 0.05) is 19.8 Å². The van der Waals surface area contributed by atoms with Crippen molar-refractivity contribution in [3.05, 3.63) is 52.0 Å². The van der Waals surface area contributed by atoms with Crippen LogP contribution in [0.1, 0.15) is 12.5 Å². The number of halogens is 2. The lowest BCUT2D eigenvalue weighted by atomic mass is 10.2. The van der Waals surface area contributed by atoms with Crippen molar-refractivity contribution in [3.63, 3.8) is 0 Å². The topological polar surface area (TPSA) is 99.5 Å². The second-order valence-electron chi connectivity index (χ2n) is 5.94. The maximum Gasteiger partial charge on any atom is 0.265 e. The summed E-state index contributed by atoms with van der Waals surface area (Å²) in [6.07, 6.45) is -0.935. The van der Waals surface area contributed by atoms with Gasteiger partial charge in [-0.2, -0.15) is 5.26 Å². The summed E-state index contributed by atoms with van der Waals surface area (Å²) in [7, 11) is -1.01. The van der Waals surface area contributed by atoms with Crippen LogP contribution in [0.3, 0.4) is 0 Å². The van der Waals surface area contributed by atoms with E-state index < -0.39 is 22.0 Å². The van der Waals surface area contributed by atoms with Crippen molar-refractivity contribution >= 4 is 44.8 Å². The molecule has 1 amide bonds. The minimum absolute atomic E-state index is 0.0420. The zero-order valence-electron chi connectivity index (χ0n) is 15.2. The first-order valence-electron chi connectivity index (χ1n) is 7.95. The van der Waals surface area contributed by atoms with E-state index in [1.165, 1.54) is 57.4 Å². The lowest BCUT2D eigenvalue weighted by Gasteiger charge is -2.17. The van der Waals surface area contributed by atoms with Crippen molar-refractivity contribution in [1.29, 1.82) is 5.26 Å². The summed E-state index contributed by atoms with van der Waals surface area (Å²) in [5, 5.41) is 11.7. The monoisotopic (exact) mass is 441 g/mol. The van der Waals surface area contributed by atoms with Gasteiger partial charge in [0.2, 0.25) is 10.0 Å². The third-order valence-corrected chi connectivity index (χ3v) is 6.28. The normalized spacial score (nSPS) is 12.3. The third kappa shape index (κ3) is 4.94. The smallest absolute Gasteiger partial charge is 0.265 e. The highest BCUT2D eigenvalue weighted by Gasteiger charge is 2.22. The van der Waals surface area contributed by atoms with Crippen molar-refractivity contribution in [2.45, 2.75) is 17.9 Å². The summed E-state index contributed by atoms with van der Waals surface area (Å²) in [4.78, 5) is 12.3. The van der Waals surface area contributed by atoms with Crippen LogP contribution in [-0.4, -0.2) is 38.8 Å². The number of nitrogens with one attached hydrogen (secondary N) is 1. The van der Waals surface area contributed by atoms with Crippen LogP contribution in [0.25, 0.3) is 0 Å². The van der Waals surface area contributed by atoms with Crippen LogP contribution in [0.5, 0.6) is 5.75 Å². The zero-order chi connectivity index (χ0) is 21.1. The number of rotatable bonds is 6. The fraction of sp³-hybridized carbons (Fsp3) is 0.222. The first kappa shape index (κ1) is 22.0. The van der Waals surface area contributed by atoms with E-state index in [-0.39, 0.29) is 26.4 Å². The molecule has 0 aromatic heterocycles. The Balaban J connectivity index is 2.18. The molecule has 0 saturated carbocycles. The molecule has 1 N–H and O–H groups in total. The van der Waals surface area contributed by atoms with Crippen LogP contribution in [0.15, 0.2) is 41.3 Å². The van der Waals surface area contributed by atoms with E-state index in [1.807, 2.05) is 6.07 Å². The minimum atomic E-state index is -3.77. The Morgan fingerprint density at radius 3 is 2.43 bits per heavy atom. The minimum Gasteiger partial charge on any atom is -0.479 e. The molecule has 10 heteroatoms. The summed E-state index contributed by atoms with van der Waals surface area (Å²) < 4.78 is 31.2. The second-order valence-corrected chi connectivity index (χ2v) is 8.87. The number of nitrogens with zero attached hydrogens (tertiary/aromatic N) is 2. The van der Waals surface area contributed by atoms with Crippen LogP contribution in [0, 0.1) is 11.3 Å². The fourth-order valence-corrected chi connectivity index (χ4v) is 3.75. The lowest BCUT2D eigenvalue weighted by molar-refractivity contribution is -0.122. The lowest BCUT2D eigenvalue weighted by Crippen LogP contribution is -2.30. The number of ether oxygens (including phenoxy) is 1. The molecule has 7 nitrogen and oxygen atoms in total. The van der Waals surface area contributed by atoms with Gasteiger partial charge in [-0.15, -0.1) is 0 Å². The molecule has 1 unspecified atom stereocenters. The number of anilines is 1. The predicted octanol–water partition coefficient (Wildman–Crippen LogP) is 3.52. The molecule has 2 rings (SSSR count). The predicted molar refractivity (Wildman–Crippen MR) is 107 cm³/mol. The Hall–Kier alpha value is -2.31. The third-order valence-electron chi connectivity index (χ3n) is 3.69. The van der Waals surface area contributed by atoms with Gasteiger partial charge in [-0.3, -0.25) is 4.79 Å². The van der Waals surface area contributed by atoms with E-state index in [1.54, 1.807) is 0 Å². The van der Waals surface area contributed by atoms with Crippen LogP contribution in [0.4, 0.5) is 5.69 Å². The molecule has 1 atom stereocenters. The first-order chi connectivity index (χ1) is 13.1. The highest BCUT2D eigenvalue weighted by atomic mass is 35.5. The van der Waals surface area contributed by atoms with Crippen LogP contribution >= 0.6 is 23.2 Å². The molecule has 2 aromatic carbocycles. The standard InChI is InChI=1S/C18H17Cl2N3O4S/c1-11(27-16-7-4-12(10-21)8-15(16)20)18(24)22-13-5-6-14(19)17(9-13)28(25,26)23(2)3/h4-9,11H,1-3H3,(H,22,24). The van der Waals surface area contributed by atoms with E-state index in [9.17, 15) is 13.2 Å². The molecule has 0 spiro atoms. The van der Waals surface area contributed by atoms with Crippen LogP contribution in [0.2, 0.25) is 10.0 Å². The highest BCUT2D eigenvalue weighted by molar-refractivity contribution is 7.89. The van der Waals surface area contributed by atoms with E-state index in [0.717, 1.165) is 4.31 Å². The van der Waals surface area contributed by atoms with Gasteiger partial charge in [-0.25, -0.2) is 12.7 Å². The van der Waals surface area contributed by atoms with Crippen molar-refractivity contribution in [2.24, 2.45) is 0 Å². The average molecular weight is 442 g/mol. The Morgan fingerprint density at radius 1 is 1.18 bits per heavy atom. The van der Waals surface area contributed by atoms with E-state index >= 15 is 0 Å². The molecule has 148 valence electrons. The Labute approximate surface area is 173 Å². The molecule has 0 fully saturated rings. The maximum absolute atomic E-state index is 12.4. The molecule has 0 heterocycles. The number of amides is 1. The Bertz CT molecular complexity index is 1050. The number of benzene rings is 2. The van der Waals surface area contributed by atoms with Crippen molar-refractivity contribution in [3.8, 4) is 11.8 Å². The van der Waals surface area contributed by atoms with Crippen LogP contribution < -0.4 is 10.1 Å². The van der Waals surface area contributed by atoms with Gasteiger partial charge in [0.05, 0.1) is 21.7 Å². The van der Waals surface area contributed by atoms with Crippen LogP contribution in [-0.2, 0) is 14.8 Å². The van der Waals surface area contributed by atoms with Crippen molar-refractivity contribution in [1.82, 2.24) is 4.31 Å². The van der Waals surface area contributed by atoms with E-state index in [2.05, 4.69) is 5.32 Å². The molecule has 0 saturated heterocycles. The number of hydrogen-bond acceptors (Lipinski definition) is 5. The SMILES string of the molecule is CC(Oc1ccc(C#N)cc1Cl)C(=O)Nc1ccc(Cl)c(S(=O)(=O)N(C)C)c1. The quantitative estimate of drug-likeness (QED) is 0.738. The van der Waals surface area contributed by atoms with E-state index in [4.69, 9.17) is 33.2 Å². The largest absolute Gasteiger partial charge is 0.479 e. The first-order valence-corrected chi connectivity index (χ1v) is 10.1. The second kappa shape index (κ2) is 8.80. The molecule has 2 aromatic rings. The number of sulfonamides is 1.